The van der Waals surface area contributed by atoms with E-state index in [4.69, 9.17) is 81.4 Å². The van der Waals surface area contributed by atoms with E-state index in [0.717, 1.165) is 68.0 Å². The predicted octanol–water partition coefficient (Wildman–Crippen LogP) is 9.41. The summed E-state index contributed by atoms with van der Waals surface area (Å²) < 4.78 is 65.7. The van der Waals surface area contributed by atoms with Gasteiger partial charge in [-0.25, -0.2) is 5.48 Å². The number of ether oxygens (including phenoxy) is 11. The molecule has 666 valence electrons. The van der Waals surface area contributed by atoms with Gasteiger partial charge in [-0.15, -0.1) is 0 Å². The molecule has 0 saturated carbocycles. The molecular weight excluding hydrogens is 1590 g/mol. The number of nitrogens with one attached hydrogen (secondary N) is 4. The van der Waals surface area contributed by atoms with Crippen molar-refractivity contribution in [2.75, 3.05) is 246 Å². The molecule has 4 aliphatic rings. The number of carboxylic acids is 4. The van der Waals surface area contributed by atoms with Gasteiger partial charge in [0.15, 0.2) is 15.9 Å². The Morgan fingerprint density at radius 2 is 0.975 bits per heavy atom. The number of nitrogens with zero attached hydrogens (tertiary/aromatic N) is 6. The van der Waals surface area contributed by atoms with E-state index in [0.29, 0.717) is 161 Å². The second-order valence-electron chi connectivity index (χ2n) is 30.7. The minimum atomic E-state index is -1.08. The summed E-state index contributed by atoms with van der Waals surface area (Å²) in [6.07, 6.45) is 14.6. The van der Waals surface area contributed by atoms with Crippen LogP contribution in [-0.4, -0.2) is 321 Å². The lowest BCUT2D eigenvalue weighted by molar-refractivity contribution is -0.437. The molecule has 4 aromatic rings. The Hall–Kier alpha value is -8.23. The number of hydrogen-bond donors (Lipinski definition) is 8. The summed E-state index contributed by atoms with van der Waals surface area (Å²) in [7, 11) is 0. The van der Waals surface area contributed by atoms with Crippen LogP contribution in [-0.2, 0) is 88.6 Å². The van der Waals surface area contributed by atoms with Gasteiger partial charge in [0, 0.05) is 117 Å². The number of fused-ring (bicyclic) bond motifs is 2. The zero-order valence-corrected chi connectivity index (χ0v) is 73.1. The second-order valence-corrected chi connectivity index (χ2v) is 31.5. The van der Waals surface area contributed by atoms with Gasteiger partial charge in [0.05, 0.1) is 170 Å². The highest BCUT2D eigenvalue weighted by atomic mass is 32.1. The first-order valence-electron chi connectivity index (χ1n) is 42.2. The van der Waals surface area contributed by atoms with Crippen LogP contribution in [0.3, 0.4) is 0 Å². The zero-order valence-electron chi connectivity index (χ0n) is 71.4. The third-order valence-electron chi connectivity index (χ3n) is 20.8. The highest BCUT2D eigenvalue weighted by molar-refractivity contribution is 7.80. The number of thiocarbonyl (C=S) groups is 2. The van der Waals surface area contributed by atoms with Crippen LogP contribution < -0.4 is 31.1 Å². The van der Waals surface area contributed by atoms with Gasteiger partial charge in [-0.05, 0) is 147 Å². The summed E-state index contributed by atoms with van der Waals surface area (Å²) in [6, 6.07) is 32.4. The van der Waals surface area contributed by atoms with Gasteiger partial charge in [-0.2, -0.15) is 4.58 Å². The lowest BCUT2D eigenvalue weighted by atomic mass is 9.81. The highest BCUT2D eigenvalue weighted by Crippen LogP contribution is 2.48. The maximum Gasteiger partial charge on any atom is 0.317 e. The maximum atomic E-state index is 12.1. The van der Waals surface area contributed by atoms with Crippen molar-refractivity contribution in [2.24, 2.45) is 0 Å². The van der Waals surface area contributed by atoms with Crippen LogP contribution >= 0.6 is 24.4 Å². The first-order valence-corrected chi connectivity index (χ1v) is 43.1. The van der Waals surface area contributed by atoms with E-state index in [2.05, 4.69) is 145 Å². The average Bonchev–Trinajstić information content (AvgIpc) is 1.60. The lowest BCUT2D eigenvalue weighted by Crippen LogP contribution is -2.53. The van der Waals surface area contributed by atoms with Crippen molar-refractivity contribution in [1.82, 2.24) is 30.4 Å². The Morgan fingerprint density at radius 3 is 1.50 bits per heavy atom. The van der Waals surface area contributed by atoms with E-state index in [1.54, 1.807) is 19.6 Å². The number of hydrogen-bond acceptors (Lipinski definition) is 23. The van der Waals surface area contributed by atoms with E-state index in [1.807, 2.05) is 48.5 Å². The third kappa shape index (κ3) is 34.8. The number of allylic oxidation sites excluding steroid dienone is 7. The summed E-state index contributed by atoms with van der Waals surface area (Å²) in [6.45, 7) is 24.9. The number of carboxylic acid groups (broad SMARTS) is 4. The Labute approximate surface area is 724 Å². The fourth-order valence-corrected chi connectivity index (χ4v) is 15.3. The summed E-state index contributed by atoms with van der Waals surface area (Å²) in [5, 5.41) is 49.0. The minimum absolute atomic E-state index is 0.153. The molecule has 0 amide bonds. The smallest absolute Gasteiger partial charge is 0.317 e. The Kier molecular flexibility index (Phi) is 44.2. The minimum Gasteiger partial charge on any atom is -0.480 e. The van der Waals surface area contributed by atoms with Crippen LogP contribution in [0.25, 0.3) is 0 Å². The molecule has 1 saturated heterocycles. The van der Waals surface area contributed by atoms with Gasteiger partial charge in [-0.1, -0.05) is 82.3 Å². The first-order chi connectivity index (χ1) is 58.6. The molecule has 3 heterocycles. The molecule has 4 aromatic carbocycles. The van der Waals surface area contributed by atoms with Crippen LogP contribution in [0.4, 0.5) is 22.7 Å². The lowest BCUT2D eigenvalue weighted by Gasteiger charge is -2.37. The maximum absolute atomic E-state index is 12.1. The molecule has 0 aromatic heterocycles. The fourth-order valence-electron chi connectivity index (χ4n) is 14.9. The summed E-state index contributed by atoms with van der Waals surface area (Å²) >= 11 is 11.1. The van der Waals surface area contributed by atoms with Gasteiger partial charge in [0.1, 0.15) is 18.1 Å². The van der Waals surface area contributed by atoms with E-state index >= 15 is 0 Å². The van der Waals surface area contributed by atoms with Crippen molar-refractivity contribution in [1.29, 1.82) is 0 Å². The number of hydroxylamine groups is 1. The molecule has 8 rings (SSSR count). The quantitative estimate of drug-likeness (QED) is 0.00882. The van der Waals surface area contributed by atoms with Gasteiger partial charge in [0.2, 0.25) is 5.69 Å². The standard InChI is InChI=1S/C89H128N10O20S2/c1-7-33-98-77-18-11-9-16-75(77)88(3,4)79(98)30-22-69-14-13-15-70(23-31-80-89(5,6)76-17-10-12-19-78(76)99(80)34-8-2)85(69)119-74-28-26-72(27-29-74)92-87(121)93-118-61-60-117-59-58-116-57-56-115-55-54-114-53-52-113-51-50-112-49-48-111-47-46-110-45-44-109-43-42-108-41-32-90-86(120)91-71-24-20-68(21-25-71)62-73-63-96(66-83(104)105)38-37-94(64-81(100)101)35-36-95(65-82(102)103)39-40-97(73)67-84(106)107/h9-12,16-31,73H,7-8,13-15,32-67H2,1-6H3,(H7-,90,91,92,93,100,101,102,103,104,105,106,107,120,121)/p+1. The third-order valence-corrected chi connectivity index (χ3v) is 21.2. The van der Waals surface area contributed by atoms with Gasteiger partial charge in [-0.3, -0.25) is 43.6 Å². The fraction of sp³-hybridized carbons (Fsp3) is 0.562. The van der Waals surface area contributed by atoms with Crippen LogP contribution in [0.2, 0.25) is 0 Å². The molecule has 32 heteroatoms. The second kappa shape index (κ2) is 54.4. The molecule has 3 aliphatic heterocycles. The van der Waals surface area contributed by atoms with Gasteiger partial charge < -0.3 is 93.4 Å². The van der Waals surface area contributed by atoms with E-state index in [-0.39, 0.29) is 89.4 Å². The molecular formula is C89H129N10O20S2+. The van der Waals surface area contributed by atoms with Crippen molar-refractivity contribution in [2.45, 2.75) is 96.9 Å². The highest BCUT2D eigenvalue weighted by Gasteiger charge is 2.44. The van der Waals surface area contributed by atoms with Crippen molar-refractivity contribution in [3.63, 3.8) is 0 Å². The predicted molar refractivity (Wildman–Crippen MR) is 473 cm³/mol. The number of para-hydroxylation sites is 2. The summed E-state index contributed by atoms with van der Waals surface area (Å²) in [5.41, 5.74) is 15.1. The Balaban J connectivity index is 0.581. The molecule has 30 nitrogen and oxygen atoms in total. The van der Waals surface area contributed by atoms with E-state index in [1.165, 1.54) is 45.1 Å². The molecule has 8 N–H and O–H groups in total. The van der Waals surface area contributed by atoms with Crippen LogP contribution in [0, 0.1) is 0 Å². The zero-order chi connectivity index (χ0) is 86.5. The first kappa shape index (κ1) is 98.2. The normalized spacial score (nSPS) is 17.4. The van der Waals surface area contributed by atoms with E-state index in [9.17, 15) is 39.6 Å². The Bertz CT molecular complexity index is 4020. The largest absolute Gasteiger partial charge is 0.480 e. The van der Waals surface area contributed by atoms with Crippen LogP contribution in [0.1, 0.15) is 90.3 Å². The summed E-state index contributed by atoms with van der Waals surface area (Å²) in [5.74, 6) is -2.65. The van der Waals surface area contributed by atoms with Crippen molar-refractivity contribution < 1.29 is 101 Å². The van der Waals surface area contributed by atoms with Crippen molar-refractivity contribution >= 4 is 87.0 Å². The molecule has 1 aliphatic carbocycles. The molecule has 0 radical (unpaired) electrons. The number of rotatable bonds is 55. The average molecular weight is 1720 g/mol. The summed E-state index contributed by atoms with van der Waals surface area (Å²) in [4.78, 5) is 62.3. The number of benzene rings is 4. The molecule has 1 atom stereocenters. The number of aliphatic carboxylic acids is 4. The van der Waals surface area contributed by atoms with Crippen LogP contribution in [0.15, 0.2) is 144 Å². The molecule has 1 fully saturated rings. The number of anilines is 3. The SMILES string of the molecule is CCCN1/C(=C/C=C2\CCCC(/C=C/C3=[N+](CCC)c4ccccc4C3(C)C)=C2Oc2ccc(NC(=S)NOCCOCCOCCOCCOCCOCCOCCOCCOCCOCCOCCNC(=S)Nc3ccc(CC4CN(CC(=O)O)CCN(CC(=O)O)CCN(CC(=O)O)CCN4CC(=O)O)cc3)cc2)C(C)(C)c2ccccc21. The molecule has 121 heavy (non-hydrogen) atoms. The molecule has 0 bridgehead atoms. The van der Waals surface area contributed by atoms with Crippen molar-refractivity contribution in [3.8, 4) is 5.75 Å². The monoisotopic (exact) mass is 1720 g/mol. The topological polar surface area (TPSA) is 327 Å². The number of carbonyl (C=O) groups is 4. The Morgan fingerprint density at radius 1 is 0.504 bits per heavy atom. The van der Waals surface area contributed by atoms with E-state index < -0.39 is 29.9 Å². The molecule has 1 unspecified atom stereocenters. The van der Waals surface area contributed by atoms with Gasteiger partial charge in [0.25, 0.3) is 0 Å². The van der Waals surface area contributed by atoms with Gasteiger partial charge >= 0.3 is 23.9 Å². The van der Waals surface area contributed by atoms with Crippen molar-refractivity contribution in [3.05, 3.63) is 161 Å². The molecule has 0 spiro atoms. The van der Waals surface area contributed by atoms with Crippen LogP contribution in [0.5, 0.6) is 5.75 Å².